The van der Waals surface area contributed by atoms with Gasteiger partial charge in [-0.15, -0.1) is 0 Å². The summed E-state index contributed by atoms with van der Waals surface area (Å²) < 4.78 is 5.61. The molecular weight excluding hydrogens is 308 g/mol. The van der Waals surface area contributed by atoms with Crippen molar-refractivity contribution in [1.29, 1.82) is 0 Å². The molecule has 3 rings (SSSR count). The van der Waals surface area contributed by atoms with Gasteiger partial charge in [0.15, 0.2) is 5.78 Å². The fourth-order valence-electron chi connectivity index (χ4n) is 4.63. The predicted molar refractivity (Wildman–Crippen MR) is 88.3 cm³/mol. The maximum Gasteiger partial charge on any atom is 0.339 e. The second-order valence-electron chi connectivity index (χ2n) is 8.24. The maximum absolute atomic E-state index is 12.8. The Bertz CT molecular complexity index is 785. The fraction of sp³-hybridized carbons (Fsp3) is 0.632. The van der Waals surface area contributed by atoms with Gasteiger partial charge in [0.25, 0.3) is 0 Å². The van der Waals surface area contributed by atoms with E-state index in [0.29, 0.717) is 24.2 Å². The van der Waals surface area contributed by atoms with Crippen LogP contribution in [-0.2, 0) is 10.2 Å². The van der Waals surface area contributed by atoms with Crippen LogP contribution in [0.3, 0.4) is 0 Å². The van der Waals surface area contributed by atoms with Crippen LogP contribution in [0.5, 0.6) is 0 Å². The Labute approximate surface area is 141 Å². The molecule has 24 heavy (non-hydrogen) atoms. The van der Waals surface area contributed by atoms with Gasteiger partial charge in [0.1, 0.15) is 17.6 Å². The Morgan fingerprint density at radius 2 is 1.83 bits per heavy atom. The normalized spacial score (nSPS) is 31.8. The summed E-state index contributed by atoms with van der Waals surface area (Å²) in [5.41, 5.74) is -1.29. The van der Waals surface area contributed by atoms with Gasteiger partial charge in [0.2, 0.25) is 0 Å². The summed E-state index contributed by atoms with van der Waals surface area (Å²) in [6.07, 6.45) is -0.466. The Morgan fingerprint density at radius 1 is 1.21 bits per heavy atom. The van der Waals surface area contributed by atoms with E-state index in [1.807, 2.05) is 20.8 Å². The number of aliphatic hydroxyl groups is 1. The van der Waals surface area contributed by atoms with Crippen LogP contribution in [-0.4, -0.2) is 22.8 Å². The molecule has 1 saturated carbocycles. The standard InChI is InChI=1S/C19H24O5/c1-9(2)10-8-11-13(21)14(22)15-18(3,4)12(20)6-7-19(15,5)16(11)24-17(10)23/h8-9,14-15,22H,6-7H2,1-5H3/t14-,15?,19-/m0/s1. The zero-order valence-corrected chi connectivity index (χ0v) is 14.8. The molecule has 1 aromatic heterocycles. The largest absolute Gasteiger partial charge is 0.426 e. The first-order valence-electron chi connectivity index (χ1n) is 8.46. The highest BCUT2D eigenvalue weighted by molar-refractivity contribution is 6.03. The first kappa shape index (κ1) is 17.1. The van der Waals surface area contributed by atoms with Crippen molar-refractivity contribution in [3.05, 3.63) is 33.4 Å². The topological polar surface area (TPSA) is 84.6 Å². The molecule has 0 saturated heterocycles. The lowest BCUT2D eigenvalue weighted by atomic mass is 9.50. The van der Waals surface area contributed by atoms with Crippen molar-refractivity contribution >= 4 is 11.6 Å². The van der Waals surface area contributed by atoms with E-state index in [2.05, 4.69) is 0 Å². The van der Waals surface area contributed by atoms with Crippen LogP contribution >= 0.6 is 0 Å². The predicted octanol–water partition coefficient (Wildman–Crippen LogP) is 2.58. The Kier molecular flexibility index (Phi) is 3.65. The lowest BCUT2D eigenvalue weighted by molar-refractivity contribution is -0.142. The Balaban J connectivity index is 2.30. The molecule has 1 unspecified atom stereocenters. The summed E-state index contributed by atoms with van der Waals surface area (Å²) in [7, 11) is 0. The average Bonchev–Trinajstić information content (AvgIpc) is 2.48. The van der Waals surface area contributed by atoms with Crippen LogP contribution < -0.4 is 5.63 Å². The second kappa shape index (κ2) is 5.12. The number of carbonyl (C=O) groups excluding carboxylic acids is 2. The maximum atomic E-state index is 12.8. The van der Waals surface area contributed by atoms with E-state index in [0.717, 1.165) is 0 Å². The Morgan fingerprint density at radius 3 is 2.42 bits per heavy atom. The first-order chi connectivity index (χ1) is 11.0. The average molecular weight is 332 g/mol. The third kappa shape index (κ3) is 2.07. The minimum absolute atomic E-state index is 0.0291. The van der Waals surface area contributed by atoms with E-state index >= 15 is 0 Å². The van der Waals surface area contributed by atoms with Gasteiger partial charge in [-0.2, -0.15) is 0 Å². The molecule has 0 bridgehead atoms. The number of hydrogen-bond acceptors (Lipinski definition) is 5. The summed E-state index contributed by atoms with van der Waals surface area (Å²) >= 11 is 0. The third-order valence-electron chi connectivity index (χ3n) is 6.02. The lowest BCUT2D eigenvalue weighted by Gasteiger charge is -2.52. The summed E-state index contributed by atoms with van der Waals surface area (Å²) in [5.74, 6) is -0.772. The fourth-order valence-corrected chi connectivity index (χ4v) is 4.63. The van der Waals surface area contributed by atoms with E-state index in [1.54, 1.807) is 19.9 Å². The van der Waals surface area contributed by atoms with Crippen molar-refractivity contribution in [2.45, 2.75) is 64.9 Å². The van der Waals surface area contributed by atoms with E-state index in [1.165, 1.54) is 0 Å². The molecule has 130 valence electrons. The van der Waals surface area contributed by atoms with Gasteiger partial charge in [-0.25, -0.2) is 4.79 Å². The summed E-state index contributed by atoms with van der Waals surface area (Å²) in [4.78, 5) is 37.5. The van der Waals surface area contributed by atoms with Crippen molar-refractivity contribution in [3.8, 4) is 0 Å². The van der Waals surface area contributed by atoms with Crippen LogP contribution in [0.2, 0.25) is 0 Å². The van der Waals surface area contributed by atoms with Crippen molar-refractivity contribution in [3.63, 3.8) is 0 Å². The van der Waals surface area contributed by atoms with Gasteiger partial charge in [-0.1, -0.05) is 34.6 Å². The van der Waals surface area contributed by atoms with Gasteiger partial charge < -0.3 is 9.52 Å². The van der Waals surface area contributed by atoms with Gasteiger partial charge >= 0.3 is 5.63 Å². The number of carbonyl (C=O) groups is 2. The smallest absolute Gasteiger partial charge is 0.339 e. The summed E-state index contributed by atoms with van der Waals surface area (Å²) in [5, 5.41) is 10.7. The highest BCUT2D eigenvalue weighted by Crippen LogP contribution is 2.55. The van der Waals surface area contributed by atoms with Crippen LogP contribution in [0, 0.1) is 11.3 Å². The molecule has 0 aromatic carbocycles. The molecule has 5 heteroatoms. The highest BCUT2D eigenvalue weighted by atomic mass is 16.4. The number of fused-ring (bicyclic) bond motifs is 3. The molecule has 1 N–H and O–H groups in total. The van der Waals surface area contributed by atoms with Crippen LogP contribution in [0.25, 0.3) is 0 Å². The zero-order chi connectivity index (χ0) is 18.0. The zero-order valence-electron chi connectivity index (χ0n) is 14.8. The molecular formula is C19H24O5. The van der Waals surface area contributed by atoms with Crippen LogP contribution in [0.4, 0.5) is 0 Å². The van der Waals surface area contributed by atoms with Crippen LogP contribution in [0.15, 0.2) is 15.3 Å². The molecule has 2 aliphatic rings. The molecule has 1 aromatic rings. The van der Waals surface area contributed by atoms with Crippen molar-refractivity contribution in [2.24, 2.45) is 11.3 Å². The lowest BCUT2D eigenvalue weighted by Crippen LogP contribution is -2.60. The minimum Gasteiger partial charge on any atom is -0.426 e. The Hall–Kier alpha value is -1.75. The van der Waals surface area contributed by atoms with Gasteiger partial charge in [-0.05, 0) is 18.4 Å². The third-order valence-corrected chi connectivity index (χ3v) is 6.02. The number of Topliss-reactive ketones (excluding diaryl/α,β-unsaturated/α-hetero) is 2. The van der Waals surface area contributed by atoms with Gasteiger partial charge in [0, 0.05) is 28.7 Å². The molecule has 3 atom stereocenters. The van der Waals surface area contributed by atoms with Gasteiger partial charge in [0.05, 0.1) is 5.56 Å². The number of ketones is 2. The second-order valence-corrected chi connectivity index (χ2v) is 8.24. The van der Waals surface area contributed by atoms with E-state index in [4.69, 9.17) is 4.42 Å². The number of hydrogen-bond donors (Lipinski definition) is 1. The van der Waals surface area contributed by atoms with Crippen LogP contribution in [0.1, 0.15) is 75.1 Å². The van der Waals surface area contributed by atoms with E-state index < -0.39 is 34.3 Å². The molecule has 1 fully saturated rings. The highest BCUT2D eigenvalue weighted by Gasteiger charge is 2.61. The monoisotopic (exact) mass is 332 g/mol. The van der Waals surface area contributed by atoms with E-state index in [9.17, 15) is 19.5 Å². The van der Waals surface area contributed by atoms with Gasteiger partial charge in [-0.3, -0.25) is 9.59 Å². The molecule has 5 nitrogen and oxygen atoms in total. The molecule has 0 radical (unpaired) electrons. The van der Waals surface area contributed by atoms with Crippen molar-refractivity contribution in [2.75, 3.05) is 0 Å². The van der Waals surface area contributed by atoms with Crippen molar-refractivity contribution in [1.82, 2.24) is 0 Å². The number of aliphatic hydroxyl groups excluding tert-OH is 1. The quantitative estimate of drug-likeness (QED) is 0.854. The van der Waals surface area contributed by atoms with E-state index in [-0.39, 0.29) is 17.3 Å². The number of rotatable bonds is 1. The SMILES string of the molecule is CC(C)c1cc2c(oc1=O)[C@@]1(C)CCC(=O)C(C)(C)C1[C@@H](O)C2=O. The molecule has 0 spiro atoms. The first-order valence-corrected chi connectivity index (χ1v) is 8.46. The van der Waals surface area contributed by atoms with Crippen molar-refractivity contribution < 1.29 is 19.1 Å². The summed E-state index contributed by atoms with van der Waals surface area (Å²) in [6.45, 7) is 9.13. The molecule has 1 heterocycles. The molecule has 0 amide bonds. The summed E-state index contributed by atoms with van der Waals surface area (Å²) in [6, 6.07) is 1.57. The molecule has 0 aliphatic heterocycles. The minimum atomic E-state index is -1.27. The molecule has 2 aliphatic carbocycles.